The topological polar surface area (TPSA) is 36.3 Å². The molecule has 1 heterocycles. The standard InChI is InChI=1S/C9H16N2O/c1-8(2)11-5-6-12-7-9(11)3-4-10/h8-9H,3,5-7H2,1-2H3. The van der Waals surface area contributed by atoms with E-state index in [2.05, 4.69) is 24.8 Å². The van der Waals surface area contributed by atoms with E-state index < -0.39 is 0 Å². The van der Waals surface area contributed by atoms with Crippen LogP contribution in [0, 0.1) is 11.3 Å². The van der Waals surface area contributed by atoms with Crippen LogP contribution in [0.3, 0.4) is 0 Å². The maximum atomic E-state index is 8.59. The Morgan fingerprint density at radius 1 is 1.67 bits per heavy atom. The van der Waals surface area contributed by atoms with E-state index in [1.807, 2.05) is 0 Å². The molecule has 1 rings (SSSR count). The third kappa shape index (κ3) is 2.20. The average Bonchev–Trinajstić information content (AvgIpc) is 2.05. The van der Waals surface area contributed by atoms with E-state index in [-0.39, 0.29) is 0 Å². The van der Waals surface area contributed by atoms with Crippen molar-refractivity contribution in [2.75, 3.05) is 19.8 Å². The molecule has 3 nitrogen and oxygen atoms in total. The molecule has 68 valence electrons. The van der Waals surface area contributed by atoms with Gasteiger partial charge in [-0.15, -0.1) is 0 Å². The zero-order chi connectivity index (χ0) is 8.97. The molecule has 1 fully saturated rings. The first-order valence-electron chi connectivity index (χ1n) is 4.46. The van der Waals surface area contributed by atoms with Crippen molar-refractivity contribution in [1.82, 2.24) is 4.90 Å². The van der Waals surface area contributed by atoms with Gasteiger partial charge < -0.3 is 4.74 Å². The second-order valence-corrected chi connectivity index (χ2v) is 3.42. The minimum atomic E-state index is 0.309. The van der Waals surface area contributed by atoms with Crippen LogP contribution in [0.5, 0.6) is 0 Å². The fourth-order valence-corrected chi connectivity index (χ4v) is 1.63. The zero-order valence-corrected chi connectivity index (χ0v) is 7.79. The highest BCUT2D eigenvalue weighted by molar-refractivity contribution is 4.86. The number of ether oxygens (including phenoxy) is 1. The summed E-state index contributed by atoms with van der Waals surface area (Å²) in [5, 5.41) is 8.59. The van der Waals surface area contributed by atoms with E-state index in [0.717, 1.165) is 13.2 Å². The Kier molecular flexibility index (Phi) is 3.51. The molecule has 3 heteroatoms. The summed E-state index contributed by atoms with van der Waals surface area (Å²) in [5.41, 5.74) is 0. The molecule has 1 aliphatic heterocycles. The Morgan fingerprint density at radius 2 is 2.42 bits per heavy atom. The highest BCUT2D eigenvalue weighted by Gasteiger charge is 2.24. The second-order valence-electron chi connectivity index (χ2n) is 3.42. The van der Waals surface area contributed by atoms with Crippen molar-refractivity contribution in [3.8, 4) is 6.07 Å². The summed E-state index contributed by atoms with van der Waals surface area (Å²) in [6.07, 6.45) is 0.582. The summed E-state index contributed by atoms with van der Waals surface area (Å²) in [6.45, 7) is 6.81. The summed E-state index contributed by atoms with van der Waals surface area (Å²) >= 11 is 0. The van der Waals surface area contributed by atoms with E-state index in [4.69, 9.17) is 10.00 Å². The quantitative estimate of drug-likeness (QED) is 0.617. The van der Waals surface area contributed by atoms with E-state index in [1.54, 1.807) is 0 Å². The van der Waals surface area contributed by atoms with Crippen molar-refractivity contribution in [1.29, 1.82) is 5.26 Å². The minimum Gasteiger partial charge on any atom is -0.378 e. The largest absolute Gasteiger partial charge is 0.378 e. The van der Waals surface area contributed by atoms with Gasteiger partial charge in [-0.1, -0.05) is 0 Å². The number of hydrogen-bond acceptors (Lipinski definition) is 3. The molecule has 0 aromatic rings. The highest BCUT2D eigenvalue weighted by Crippen LogP contribution is 2.12. The number of morpholine rings is 1. The van der Waals surface area contributed by atoms with Crippen molar-refractivity contribution >= 4 is 0 Å². The van der Waals surface area contributed by atoms with Crippen LogP contribution < -0.4 is 0 Å². The molecule has 0 amide bonds. The van der Waals surface area contributed by atoms with Crippen molar-refractivity contribution < 1.29 is 4.74 Å². The van der Waals surface area contributed by atoms with Crippen molar-refractivity contribution in [2.45, 2.75) is 32.4 Å². The van der Waals surface area contributed by atoms with Crippen LogP contribution >= 0.6 is 0 Å². The maximum Gasteiger partial charge on any atom is 0.0639 e. The summed E-state index contributed by atoms with van der Waals surface area (Å²) in [7, 11) is 0. The fourth-order valence-electron chi connectivity index (χ4n) is 1.63. The van der Waals surface area contributed by atoms with Gasteiger partial charge in [0, 0.05) is 18.6 Å². The molecule has 1 aliphatic rings. The van der Waals surface area contributed by atoms with Crippen LogP contribution in [0.25, 0.3) is 0 Å². The summed E-state index contributed by atoms with van der Waals surface area (Å²) in [5.74, 6) is 0. The predicted octanol–water partition coefficient (Wildman–Crippen LogP) is 1.01. The summed E-state index contributed by atoms with van der Waals surface area (Å²) in [4.78, 5) is 2.34. The third-order valence-electron chi connectivity index (χ3n) is 2.26. The summed E-state index contributed by atoms with van der Waals surface area (Å²) < 4.78 is 5.32. The molecule has 0 radical (unpaired) electrons. The number of nitrogens with zero attached hydrogens (tertiary/aromatic N) is 2. The van der Waals surface area contributed by atoms with Gasteiger partial charge in [-0.05, 0) is 13.8 Å². The molecule has 12 heavy (non-hydrogen) atoms. The van der Waals surface area contributed by atoms with Crippen LogP contribution in [0.2, 0.25) is 0 Å². The molecule has 1 unspecified atom stereocenters. The van der Waals surface area contributed by atoms with Crippen molar-refractivity contribution in [3.05, 3.63) is 0 Å². The van der Waals surface area contributed by atoms with Crippen LogP contribution in [0.15, 0.2) is 0 Å². The molecule has 0 N–H and O–H groups in total. The van der Waals surface area contributed by atoms with Crippen molar-refractivity contribution in [3.63, 3.8) is 0 Å². The van der Waals surface area contributed by atoms with Gasteiger partial charge in [-0.3, -0.25) is 4.90 Å². The Bertz CT molecular complexity index is 174. The molecular formula is C9H16N2O. The lowest BCUT2D eigenvalue weighted by atomic mass is 10.1. The molecule has 0 aromatic carbocycles. The Labute approximate surface area is 73.9 Å². The minimum absolute atomic E-state index is 0.309. The van der Waals surface area contributed by atoms with Gasteiger partial charge in [0.25, 0.3) is 0 Å². The van der Waals surface area contributed by atoms with Gasteiger partial charge in [0.15, 0.2) is 0 Å². The van der Waals surface area contributed by atoms with E-state index in [1.165, 1.54) is 0 Å². The molecule has 0 bridgehead atoms. The smallest absolute Gasteiger partial charge is 0.0639 e. The monoisotopic (exact) mass is 168 g/mol. The van der Waals surface area contributed by atoms with E-state index in [0.29, 0.717) is 25.1 Å². The molecule has 0 saturated carbocycles. The molecule has 1 saturated heterocycles. The van der Waals surface area contributed by atoms with Gasteiger partial charge in [-0.25, -0.2) is 0 Å². The summed E-state index contributed by atoms with van der Waals surface area (Å²) in [6, 6.07) is 3.03. The van der Waals surface area contributed by atoms with Gasteiger partial charge in [-0.2, -0.15) is 5.26 Å². The Hall–Kier alpha value is -0.590. The number of hydrogen-bond donors (Lipinski definition) is 0. The first-order chi connectivity index (χ1) is 5.75. The van der Waals surface area contributed by atoms with E-state index >= 15 is 0 Å². The Balaban J connectivity index is 2.49. The first-order valence-corrected chi connectivity index (χ1v) is 4.46. The van der Waals surface area contributed by atoms with Crippen LogP contribution in [-0.4, -0.2) is 36.7 Å². The van der Waals surface area contributed by atoms with E-state index in [9.17, 15) is 0 Å². The zero-order valence-electron chi connectivity index (χ0n) is 7.79. The van der Waals surface area contributed by atoms with Gasteiger partial charge in [0.1, 0.15) is 0 Å². The molecule has 1 atom stereocenters. The van der Waals surface area contributed by atoms with Crippen molar-refractivity contribution in [2.24, 2.45) is 0 Å². The molecular weight excluding hydrogens is 152 g/mol. The normalized spacial score (nSPS) is 25.7. The van der Waals surface area contributed by atoms with Gasteiger partial charge >= 0.3 is 0 Å². The Morgan fingerprint density at radius 3 is 3.00 bits per heavy atom. The third-order valence-corrected chi connectivity index (χ3v) is 2.26. The van der Waals surface area contributed by atoms with Crippen LogP contribution in [-0.2, 0) is 4.74 Å². The maximum absolute atomic E-state index is 8.59. The fraction of sp³-hybridized carbons (Fsp3) is 0.889. The highest BCUT2D eigenvalue weighted by atomic mass is 16.5. The number of nitriles is 1. The average molecular weight is 168 g/mol. The second kappa shape index (κ2) is 4.44. The number of rotatable bonds is 2. The lowest BCUT2D eigenvalue weighted by Crippen LogP contribution is -2.48. The molecule has 0 aliphatic carbocycles. The first kappa shape index (κ1) is 9.50. The molecule has 0 spiro atoms. The SMILES string of the molecule is CC(C)N1CCOCC1CC#N. The van der Waals surface area contributed by atoms with Gasteiger partial charge in [0.05, 0.1) is 25.7 Å². The lowest BCUT2D eigenvalue weighted by Gasteiger charge is -2.37. The van der Waals surface area contributed by atoms with Gasteiger partial charge in [0.2, 0.25) is 0 Å². The lowest BCUT2D eigenvalue weighted by molar-refractivity contribution is -0.0201. The molecule has 0 aromatic heterocycles. The van der Waals surface area contributed by atoms with Crippen LogP contribution in [0.4, 0.5) is 0 Å². The van der Waals surface area contributed by atoms with Crippen LogP contribution in [0.1, 0.15) is 20.3 Å². The predicted molar refractivity (Wildman–Crippen MR) is 46.7 cm³/mol.